The van der Waals surface area contributed by atoms with Gasteiger partial charge in [0, 0.05) is 37.0 Å². The SMILES string of the molecule is Cc1cccc2nc(C3CCN(C(=O)c4ccc(Cn5cccn5)cc4)CC3)oc12. The number of hydrogen-bond donors (Lipinski definition) is 0. The molecule has 0 atom stereocenters. The van der Waals surface area contributed by atoms with Crippen LogP contribution in [0.5, 0.6) is 0 Å². The summed E-state index contributed by atoms with van der Waals surface area (Å²) in [5.74, 6) is 1.15. The number of amides is 1. The number of benzene rings is 2. The molecule has 4 aromatic rings. The van der Waals surface area contributed by atoms with E-state index in [1.165, 1.54) is 0 Å². The highest BCUT2D eigenvalue weighted by Gasteiger charge is 2.27. The van der Waals surface area contributed by atoms with Crippen molar-refractivity contribution in [1.29, 1.82) is 0 Å². The van der Waals surface area contributed by atoms with Crippen LogP contribution >= 0.6 is 0 Å². The molecule has 152 valence electrons. The van der Waals surface area contributed by atoms with Crippen LogP contribution in [0.25, 0.3) is 11.1 Å². The first-order valence-corrected chi connectivity index (χ1v) is 10.4. The zero-order valence-corrected chi connectivity index (χ0v) is 17.0. The van der Waals surface area contributed by atoms with E-state index in [4.69, 9.17) is 4.42 Å². The average molecular weight is 400 g/mol. The normalized spacial score (nSPS) is 15.0. The molecule has 0 saturated carbocycles. The summed E-state index contributed by atoms with van der Waals surface area (Å²) in [7, 11) is 0. The van der Waals surface area contributed by atoms with E-state index < -0.39 is 0 Å². The Hall–Kier alpha value is -3.41. The maximum absolute atomic E-state index is 12.9. The van der Waals surface area contributed by atoms with E-state index >= 15 is 0 Å². The quantitative estimate of drug-likeness (QED) is 0.509. The summed E-state index contributed by atoms with van der Waals surface area (Å²) in [6.07, 6.45) is 5.44. The third kappa shape index (κ3) is 3.61. The van der Waals surface area contributed by atoms with E-state index in [2.05, 4.69) is 10.1 Å². The first-order valence-electron chi connectivity index (χ1n) is 10.4. The number of piperidine rings is 1. The van der Waals surface area contributed by atoms with E-state index in [0.29, 0.717) is 6.54 Å². The average Bonchev–Trinajstić information content (AvgIpc) is 3.45. The molecule has 6 nitrogen and oxygen atoms in total. The molecule has 0 spiro atoms. The Balaban J connectivity index is 1.22. The topological polar surface area (TPSA) is 64.2 Å². The predicted octanol–water partition coefficient (Wildman–Crippen LogP) is 4.40. The number of oxazole rings is 1. The molecule has 5 rings (SSSR count). The Morgan fingerprint density at radius 3 is 2.60 bits per heavy atom. The molecule has 1 fully saturated rings. The zero-order valence-electron chi connectivity index (χ0n) is 17.0. The smallest absolute Gasteiger partial charge is 0.253 e. The molecule has 0 aliphatic carbocycles. The predicted molar refractivity (Wildman–Crippen MR) is 114 cm³/mol. The van der Waals surface area contributed by atoms with Crippen LogP contribution in [0.2, 0.25) is 0 Å². The summed E-state index contributed by atoms with van der Waals surface area (Å²) in [6.45, 7) is 4.18. The van der Waals surface area contributed by atoms with Gasteiger partial charge in [0.2, 0.25) is 0 Å². The second-order valence-electron chi connectivity index (χ2n) is 7.94. The third-order valence-corrected chi connectivity index (χ3v) is 5.86. The molecule has 2 aromatic carbocycles. The fourth-order valence-corrected chi connectivity index (χ4v) is 4.12. The molecular weight excluding hydrogens is 376 g/mol. The van der Waals surface area contributed by atoms with Gasteiger partial charge in [0.15, 0.2) is 11.5 Å². The van der Waals surface area contributed by atoms with Gasteiger partial charge in [-0.2, -0.15) is 5.10 Å². The van der Waals surface area contributed by atoms with Gasteiger partial charge in [0.1, 0.15) is 5.52 Å². The number of aryl methyl sites for hydroxylation is 1. The lowest BCUT2D eigenvalue weighted by molar-refractivity contribution is 0.0706. The maximum atomic E-state index is 12.9. The zero-order chi connectivity index (χ0) is 20.5. The monoisotopic (exact) mass is 400 g/mol. The fourth-order valence-electron chi connectivity index (χ4n) is 4.12. The van der Waals surface area contributed by atoms with Crippen LogP contribution in [-0.2, 0) is 6.54 Å². The Labute approximate surface area is 175 Å². The van der Waals surface area contributed by atoms with Gasteiger partial charge in [0.05, 0.1) is 6.54 Å². The minimum atomic E-state index is 0.0903. The molecule has 2 aromatic heterocycles. The highest BCUT2D eigenvalue weighted by atomic mass is 16.3. The first kappa shape index (κ1) is 18.6. The van der Waals surface area contributed by atoms with E-state index in [-0.39, 0.29) is 11.8 Å². The summed E-state index contributed by atoms with van der Waals surface area (Å²) in [4.78, 5) is 19.6. The summed E-state index contributed by atoms with van der Waals surface area (Å²) in [6, 6.07) is 15.8. The minimum absolute atomic E-state index is 0.0903. The van der Waals surface area contributed by atoms with E-state index in [9.17, 15) is 4.79 Å². The standard InChI is InChI=1S/C24H24N4O2/c1-17-4-2-5-21-22(17)30-23(26-21)19-10-14-27(15-11-19)24(29)20-8-6-18(7-9-20)16-28-13-3-12-25-28/h2-9,12-13,19H,10-11,14-16H2,1H3. The fraction of sp³-hybridized carbons (Fsp3) is 0.292. The van der Waals surface area contributed by atoms with Crippen molar-refractivity contribution in [2.75, 3.05) is 13.1 Å². The molecule has 0 N–H and O–H groups in total. The van der Waals surface area contributed by atoms with E-state index in [1.807, 2.05) is 71.2 Å². The maximum Gasteiger partial charge on any atom is 0.253 e. The van der Waals surface area contributed by atoms with Crippen LogP contribution in [0.4, 0.5) is 0 Å². The summed E-state index contributed by atoms with van der Waals surface area (Å²) >= 11 is 0. The number of carbonyl (C=O) groups is 1. The first-order chi connectivity index (χ1) is 14.7. The molecule has 6 heteroatoms. The molecule has 30 heavy (non-hydrogen) atoms. The minimum Gasteiger partial charge on any atom is -0.440 e. The lowest BCUT2D eigenvalue weighted by Crippen LogP contribution is -2.38. The summed E-state index contributed by atoms with van der Waals surface area (Å²) in [5, 5.41) is 4.22. The van der Waals surface area contributed by atoms with Gasteiger partial charge in [-0.25, -0.2) is 4.98 Å². The van der Waals surface area contributed by atoms with Crippen molar-refractivity contribution in [1.82, 2.24) is 19.7 Å². The van der Waals surface area contributed by atoms with Crippen molar-refractivity contribution >= 4 is 17.0 Å². The van der Waals surface area contributed by atoms with Crippen LogP contribution in [0, 0.1) is 6.92 Å². The van der Waals surface area contributed by atoms with E-state index in [0.717, 1.165) is 59.6 Å². The number of fused-ring (bicyclic) bond motifs is 1. The van der Waals surface area contributed by atoms with Gasteiger partial charge in [-0.3, -0.25) is 9.48 Å². The number of nitrogens with zero attached hydrogens (tertiary/aromatic N) is 4. The molecule has 0 unspecified atom stereocenters. The van der Waals surface area contributed by atoms with Crippen LogP contribution in [0.1, 0.15) is 46.1 Å². The Morgan fingerprint density at radius 2 is 1.90 bits per heavy atom. The molecule has 3 heterocycles. The van der Waals surface area contributed by atoms with Gasteiger partial charge < -0.3 is 9.32 Å². The Kier molecular flexibility index (Phi) is 4.83. The highest BCUT2D eigenvalue weighted by Crippen LogP contribution is 2.31. The second-order valence-corrected chi connectivity index (χ2v) is 7.94. The van der Waals surface area contributed by atoms with Crippen molar-refractivity contribution in [3.63, 3.8) is 0 Å². The molecule has 1 aliphatic heterocycles. The van der Waals surface area contributed by atoms with Crippen molar-refractivity contribution in [2.45, 2.75) is 32.2 Å². The van der Waals surface area contributed by atoms with Gasteiger partial charge in [-0.05, 0) is 55.2 Å². The van der Waals surface area contributed by atoms with Crippen molar-refractivity contribution in [2.24, 2.45) is 0 Å². The largest absolute Gasteiger partial charge is 0.440 e. The van der Waals surface area contributed by atoms with Crippen LogP contribution in [0.3, 0.4) is 0 Å². The number of hydrogen-bond acceptors (Lipinski definition) is 4. The number of rotatable bonds is 4. The Morgan fingerprint density at radius 1 is 1.10 bits per heavy atom. The van der Waals surface area contributed by atoms with E-state index in [1.54, 1.807) is 6.20 Å². The van der Waals surface area contributed by atoms with Gasteiger partial charge in [0.25, 0.3) is 5.91 Å². The third-order valence-electron chi connectivity index (χ3n) is 5.86. The number of aromatic nitrogens is 3. The van der Waals surface area contributed by atoms with Crippen molar-refractivity contribution in [3.8, 4) is 0 Å². The van der Waals surface area contributed by atoms with Gasteiger partial charge in [-0.15, -0.1) is 0 Å². The summed E-state index contributed by atoms with van der Waals surface area (Å²) in [5.41, 5.74) is 4.75. The number of likely N-dealkylation sites (tertiary alicyclic amines) is 1. The van der Waals surface area contributed by atoms with Crippen molar-refractivity contribution in [3.05, 3.63) is 83.5 Å². The van der Waals surface area contributed by atoms with Crippen molar-refractivity contribution < 1.29 is 9.21 Å². The van der Waals surface area contributed by atoms with Gasteiger partial charge in [-0.1, -0.05) is 24.3 Å². The molecule has 1 saturated heterocycles. The lowest BCUT2D eigenvalue weighted by Gasteiger charge is -2.30. The molecular formula is C24H24N4O2. The molecule has 1 amide bonds. The Bertz CT molecular complexity index is 1150. The second kappa shape index (κ2) is 7.78. The lowest BCUT2D eigenvalue weighted by atomic mass is 9.96. The highest BCUT2D eigenvalue weighted by molar-refractivity contribution is 5.94. The molecule has 0 radical (unpaired) electrons. The van der Waals surface area contributed by atoms with Crippen LogP contribution < -0.4 is 0 Å². The molecule has 1 aliphatic rings. The molecule has 0 bridgehead atoms. The van der Waals surface area contributed by atoms with Crippen LogP contribution in [0.15, 0.2) is 65.3 Å². The van der Waals surface area contributed by atoms with Gasteiger partial charge >= 0.3 is 0 Å². The van der Waals surface area contributed by atoms with Crippen LogP contribution in [-0.4, -0.2) is 38.7 Å². The number of carbonyl (C=O) groups excluding carboxylic acids is 1. The summed E-state index contributed by atoms with van der Waals surface area (Å²) < 4.78 is 7.92. The number of para-hydroxylation sites is 1.